The number of piperidine rings is 1. The SMILES string of the molecule is Cn1c2ccncc2c2ccc(-c3ccc(OC4CC5(C4)CN(CCOCCCOC4CN(c6ccc7c(c6)C(=O)N(C6CCC(=O)NC6=O)C7=O)C4)C5)cc3)cc21. The van der Waals surface area contributed by atoms with E-state index in [0.29, 0.717) is 38.3 Å². The van der Waals surface area contributed by atoms with E-state index in [1.54, 1.807) is 12.1 Å². The van der Waals surface area contributed by atoms with E-state index in [2.05, 4.69) is 80.2 Å². The number of rotatable bonds is 13. The van der Waals surface area contributed by atoms with Crippen molar-refractivity contribution in [2.45, 2.75) is 50.4 Å². The summed E-state index contributed by atoms with van der Waals surface area (Å²) in [7, 11) is 2.11. The molecule has 3 saturated heterocycles. The van der Waals surface area contributed by atoms with Crippen LogP contribution in [0.5, 0.6) is 5.75 Å². The third kappa shape index (κ3) is 6.60. The van der Waals surface area contributed by atoms with Crippen molar-refractivity contribution < 1.29 is 33.4 Å². The molecule has 1 aliphatic carbocycles. The van der Waals surface area contributed by atoms with Gasteiger partial charge in [0.05, 0.1) is 35.5 Å². The summed E-state index contributed by atoms with van der Waals surface area (Å²) >= 11 is 0. The number of pyridine rings is 1. The van der Waals surface area contributed by atoms with Crippen LogP contribution in [0.2, 0.25) is 0 Å². The molecule has 4 amide bonds. The number of benzene rings is 3. The number of likely N-dealkylation sites (tertiary alicyclic amines) is 1. The molecule has 1 N–H and O–H groups in total. The molecule has 2 aromatic heterocycles. The van der Waals surface area contributed by atoms with Crippen molar-refractivity contribution in [1.82, 2.24) is 24.7 Å². The molecule has 0 radical (unpaired) electrons. The molecule has 1 saturated carbocycles. The molecule has 1 atom stereocenters. The van der Waals surface area contributed by atoms with Crippen molar-refractivity contribution in [1.29, 1.82) is 0 Å². The zero-order valence-electron chi connectivity index (χ0n) is 32.5. The number of aryl methyl sites for hydroxylation is 1. The molecule has 5 aliphatic rings. The van der Waals surface area contributed by atoms with E-state index in [1.807, 2.05) is 18.5 Å². The van der Waals surface area contributed by atoms with Gasteiger partial charge in [0.2, 0.25) is 11.8 Å². The molecule has 58 heavy (non-hydrogen) atoms. The second-order valence-corrected chi connectivity index (χ2v) is 16.6. The smallest absolute Gasteiger partial charge is 0.262 e. The molecule has 13 nitrogen and oxygen atoms in total. The lowest BCUT2D eigenvalue weighted by Crippen LogP contribution is -2.64. The topological polar surface area (TPSA) is 136 Å². The van der Waals surface area contributed by atoms with Gasteiger partial charge in [-0.2, -0.15) is 0 Å². The molecule has 0 bridgehead atoms. The summed E-state index contributed by atoms with van der Waals surface area (Å²) in [6, 6.07) is 21.4. The third-order valence-electron chi connectivity index (χ3n) is 12.7. The molecular weight excluding hydrogens is 737 g/mol. The van der Waals surface area contributed by atoms with Crippen molar-refractivity contribution in [2.24, 2.45) is 12.5 Å². The summed E-state index contributed by atoms with van der Waals surface area (Å²) in [5, 5.41) is 4.63. The Morgan fingerprint density at radius 1 is 0.810 bits per heavy atom. The standard InChI is InChI=1S/C45H46N6O7/c1-48-38-13-14-46-23-37(38)34-9-5-29(19-40(34)48)28-3-7-31(8-4-28)58-32-21-45(22-32)26-49(27-45)15-18-56-16-2-17-57-33-24-50(25-33)30-6-10-35-36(20-30)44(55)51(43(35)54)39-11-12-41(52)47-42(39)53/h3-10,13-14,19-20,23,32-33,39H,2,11-12,15-18,21-22,24-27H2,1H3,(H,47,52,53). The van der Waals surface area contributed by atoms with Gasteiger partial charge in [0, 0.05) is 99.2 Å². The lowest BCUT2D eigenvalue weighted by atomic mass is 9.62. The molecular formula is C45H46N6O7. The number of hydrogen-bond donors (Lipinski definition) is 1. The second-order valence-electron chi connectivity index (χ2n) is 16.6. The zero-order valence-corrected chi connectivity index (χ0v) is 32.5. The van der Waals surface area contributed by atoms with Gasteiger partial charge in [-0.05, 0) is 79.3 Å². The first-order valence-corrected chi connectivity index (χ1v) is 20.3. The Labute approximate surface area is 335 Å². The van der Waals surface area contributed by atoms with Crippen LogP contribution in [0.15, 0.2) is 79.1 Å². The highest BCUT2D eigenvalue weighted by atomic mass is 16.5. The van der Waals surface area contributed by atoms with Crippen molar-refractivity contribution in [3.8, 4) is 16.9 Å². The van der Waals surface area contributed by atoms with Crippen molar-refractivity contribution in [3.63, 3.8) is 0 Å². The number of ether oxygens (including phenoxy) is 3. The fourth-order valence-electron chi connectivity index (χ4n) is 9.58. The Kier molecular flexibility index (Phi) is 9.26. The predicted molar refractivity (Wildman–Crippen MR) is 217 cm³/mol. The van der Waals surface area contributed by atoms with Crippen LogP contribution in [0.3, 0.4) is 0 Å². The van der Waals surface area contributed by atoms with Gasteiger partial charge in [0.25, 0.3) is 11.8 Å². The maximum Gasteiger partial charge on any atom is 0.262 e. The number of nitrogens with one attached hydrogen (secondary N) is 1. The number of fused-ring (bicyclic) bond motifs is 4. The zero-order chi connectivity index (χ0) is 39.5. The van der Waals surface area contributed by atoms with Crippen LogP contribution in [-0.2, 0) is 26.1 Å². The Morgan fingerprint density at radius 3 is 2.41 bits per heavy atom. The summed E-state index contributed by atoms with van der Waals surface area (Å²) in [6.07, 6.45) is 7.40. The average molecular weight is 783 g/mol. The summed E-state index contributed by atoms with van der Waals surface area (Å²) in [6.45, 7) is 6.52. The van der Waals surface area contributed by atoms with E-state index in [9.17, 15) is 19.2 Å². The van der Waals surface area contributed by atoms with E-state index < -0.39 is 29.7 Å². The van der Waals surface area contributed by atoms with Crippen molar-refractivity contribution in [2.75, 3.05) is 57.4 Å². The molecule has 10 rings (SSSR count). The Bertz CT molecular complexity index is 2440. The molecule has 4 fully saturated rings. The number of nitrogens with zero attached hydrogens (tertiary/aromatic N) is 5. The van der Waals surface area contributed by atoms with Gasteiger partial charge in [0.15, 0.2) is 0 Å². The maximum atomic E-state index is 13.2. The lowest BCUT2D eigenvalue weighted by molar-refractivity contribution is -0.136. The molecule has 1 unspecified atom stereocenters. The third-order valence-corrected chi connectivity index (χ3v) is 12.7. The molecule has 1 spiro atoms. The highest BCUT2D eigenvalue weighted by Crippen LogP contribution is 2.49. The minimum absolute atomic E-state index is 0.0904. The van der Waals surface area contributed by atoms with E-state index in [4.69, 9.17) is 14.2 Å². The monoisotopic (exact) mass is 782 g/mol. The van der Waals surface area contributed by atoms with Gasteiger partial charge >= 0.3 is 0 Å². The predicted octanol–water partition coefficient (Wildman–Crippen LogP) is 4.95. The van der Waals surface area contributed by atoms with Crippen LogP contribution in [0, 0.1) is 5.41 Å². The lowest BCUT2D eigenvalue weighted by Gasteiger charge is -2.58. The normalized spacial score (nSPS) is 20.7. The number of aromatic nitrogens is 2. The molecule has 3 aromatic carbocycles. The van der Waals surface area contributed by atoms with Gasteiger partial charge in [-0.25, -0.2) is 0 Å². The molecule has 13 heteroatoms. The molecule has 5 aromatic rings. The molecule has 4 aliphatic heterocycles. The Morgan fingerprint density at radius 2 is 1.60 bits per heavy atom. The number of amides is 4. The van der Waals surface area contributed by atoms with E-state index in [-0.39, 0.29) is 36.2 Å². The second kappa shape index (κ2) is 14.6. The Hall–Kier alpha value is -5.63. The van der Waals surface area contributed by atoms with E-state index in [0.717, 1.165) is 55.2 Å². The minimum atomic E-state index is -0.969. The highest BCUT2D eigenvalue weighted by molar-refractivity contribution is 6.23. The first kappa shape index (κ1) is 36.7. The maximum absolute atomic E-state index is 13.2. The number of anilines is 1. The van der Waals surface area contributed by atoms with Crippen molar-refractivity contribution in [3.05, 3.63) is 90.3 Å². The Balaban J connectivity index is 0.593. The number of imide groups is 2. The van der Waals surface area contributed by atoms with Crippen LogP contribution in [0.1, 0.15) is 52.8 Å². The molecule has 6 heterocycles. The van der Waals surface area contributed by atoms with Gasteiger partial charge in [-0.15, -0.1) is 0 Å². The van der Waals surface area contributed by atoms with Crippen LogP contribution in [0.25, 0.3) is 32.9 Å². The first-order valence-electron chi connectivity index (χ1n) is 20.3. The van der Waals surface area contributed by atoms with E-state index in [1.165, 1.54) is 32.9 Å². The van der Waals surface area contributed by atoms with Crippen LogP contribution >= 0.6 is 0 Å². The van der Waals surface area contributed by atoms with Crippen LogP contribution in [-0.4, -0.2) is 114 Å². The van der Waals surface area contributed by atoms with Gasteiger partial charge in [0.1, 0.15) is 11.8 Å². The average Bonchev–Trinajstić information content (AvgIpc) is 3.61. The fourth-order valence-corrected chi connectivity index (χ4v) is 9.58. The van der Waals surface area contributed by atoms with Crippen molar-refractivity contribution >= 4 is 51.1 Å². The van der Waals surface area contributed by atoms with Crippen LogP contribution < -0.4 is 15.0 Å². The molecule has 298 valence electrons. The quantitative estimate of drug-likeness (QED) is 0.129. The summed E-state index contributed by atoms with van der Waals surface area (Å²) in [5.41, 5.74) is 6.55. The first-order chi connectivity index (χ1) is 28.2. The number of hydrogen-bond acceptors (Lipinski definition) is 10. The van der Waals surface area contributed by atoms with Gasteiger partial charge < -0.3 is 23.7 Å². The summed E-state index contributed by atoms with van der Waals surface area (Å²) in [4.78, 5) is 59.9. The summed E-state index contributed by atoms with van der Waals surface area (Å²) in [5.74, 6) is -1.06. The number of carbonyl (C=O) groups excluding carboxylic acids is 4. The van der Waals surface area contributed by atoms with Gasteiger partial charge in [-0.3, -0.25) is 39.3 Å². The summed E-state index contributed by atoms with van der Waals surface area (Å²) < 4.78 is 20.6. The highest BCUT2D eigenvalue weighted by Gasteiger charge is 2.53. The van der Waals surface area contributed by atoms with E-state index >= 15 is 0 Å². The van der Waals surface area contributed by atoms with Crippen LogP contribution in [0.4, 0.5) is 5.69 Å². The van der Waals surface area contributed by atoms with Gasteiger partial charge in [-0.1, -0.05) is 24.3 Å². The number of carbonyl (C=O) groups is 4. The fraction of sp³-hybridized carbons (Fsp3) is 0.400. The largest absolute Gasteiger partial charge is 0.490 e. The minimum Gasteiger partial charge on any atom is -0.490 e.